The summed E-state index contributed by atoms with van der Waals surface area (Å²) >= 11 is 0. The van der Waals surface area contributed by atoms with Crippen molar-refractivity contribution in [2.75, 3.05) is 11.9 Å². The quantitative estimate of drug-likeness (QED) is 0.226. The van der Waals surface area contributed by atoms with E-state index in [0.29, 0.717) is 22.7 Å². The fourth-order valence-corrected chi connectivity index (χ4v) is 3.26. The lowest BCUT2D eigenvalue weighted by atomic mass is 10.1. The summed E-state index contributed by atoms with van der Waals surface area (Å²) in [5.74, 6) is -1.54. The van der Waals surface area contributed by atoms with E-state index in [-0.39, 0.29) is 5.56 Å². The van der Waals surface area contributed by atoms with Crippen molar-refractivity contribution in [3.63, 3.8) is 0 Å². The van der Waals surface area contributed by atoms with Crippen LogP contribution in [-0.2, 0) is 15.7 Å². The normalized spacial score (nSPS) is 11.3. The van der Waals surface area contributed by atoms with Crippen LogP contribution in [0.2, 0.25) is 0 Å². The van der Waals surface area contributed by atoms with Crippen molar-refractivity contribution in [2.45, 2.75) is 6.18 Å². The first-order valence-corrected chi connectivity index (χ1v) is 9.91. The molecule has 0 bridgehead atoms. The second-order valence-corrected chi connectivity index (χ2v) is 7.22. The Bertz CT molecular complexity index is 1430. The second kappa shape index (κ2) is 9.25. The number of nitrogens with one attached hydrogen (secondary N) is 1. The predicted octanol–water partition coefficient (Wildman–Crippen LogP) is 5.22. The summed E-state index contributed by atoms with van der Waals surface area (Å²) in [6.07, 6.45) is -4.96. The molecule has 0 aliphatic rings. The molecule has 1 aromatic heterocycles. The van der Waals surface area contributed by atoms with Crippen LogP contribution in [0.5, 0.6) is 0 Å². The van der Waals surface area contributed by atoms with E-state index in [9.17, 15) is 32.9 Å². The molecule has 1 heterocycles. The molecule has 1 N–H and O–H groups in total. The molecule has 3 aromatic carbocycles. The smallest absolute Gasteiger partial charge is 0.418 e. The molecule has 178 valence electrons. The molecule has 0 aliphatic heterocycles. The van der Waals surface area contributed by atoms with Gasteiger partial charge in [0.25, 0.3) is 11.6 Å². The van der Waals surface area contributed by atoms with Crippen LogP contribution in [0.1, 0.15) is 15.9 Å². The average Bonchev–Trinajstić information content (AvgIpc) is 3.26. The number of halogens is 3. The highest BCUT2D eigenvalue weighted by Gasteiger charge is 2.35. The molecule has 0 fully saturated rings. The van der Waals surface area contributed by atoms with Crippen LogP contribution in [-0.4, -0.2) is 28.6 Å². The zero-order valence-corrected chi connectivity index (χ0v) is 17.5. The van der Waals surface area contributed by atoms with Gasteiger partial charge in [-0.2, -0.15) is 13.2 Å². The molecule has 0 saturated carbocycles. The van der Waals surface area contributed by atoms with Crippen LogP contribution in [0.25, 0.3) is 22.2 Å². The SMILES string of the molecule is O=C(COC(=O)c1ccc2noc(-c3ccccc3)c2c1)Nc1ccc([N+](=O)[O-])cc1C(F)(F)F. The van der Waals surface area contributed by atoms with Gasteiger partial charge in [0.05, 0.1) is 27.1 Å². The van der Waals surface area contributed by atoms with E-state index in [1.54, 1.807) is 24.3 Å². The number of non-ortho nitro benzene ring substituents is 1. The van der Waals surface area contributed by atoms with Crippen LogP contribution in [0, 0.1) is 10.1 Å². The number of alkyl halides is 3. The van der Waals surface area contributed by atoms with Crippen molar-refractivity contribution in [3.8, 4) is 11.3 Å². The summed E-state index contributed by atoms with van der Waals surface area (Å²) in [7, 11) is 0. The number of nitro groups is 1. The Hall–Kier alpha value is -4.74. The summed E-state index contributed by atoms with van der Waals surface area (Å²) in [4.78, 5) is 34.4. The van der Waals surface area contributed by atoms with Gasteiger partial charge in [-0.05, 0) is 24.3 Å². The number of carbonyl (C=O) groups is 2. The van der Waals surface area contributed by atoms with Crippen molar-refractivity contribution in [1.29, 1.82) is 0 Å². The second-order valence-electron chi connectivity index (χ2n) is 7.22. The molecule has 0 saturated heterocycles. The van der Waals surface area contributed by atoms with E-state index >= 15 is 0 Å². The number of esters is 1. The van der Waals surface area contributed by atoms with Gasteiger partial charge in [0, 0.05) is 17.7 Å². The van der Waals surface area contributed by atoms with Crippen molar-refractivity contribution in [1.82, 2.24) is 5.16 Å². The largest absolute Gasteiger partial charge is 0.452 e. The van der Waals surface area contributed by atoms with Gasteiger partial charge in [0.2, 0.25) is 0 Å². The molecule has 9 nitrogen and oxygen atoms in total. The van der Waals surface area contributed by atoms with Gasteiger partial charge in [-0.3, -0.25) is 14.9 Å². The number of aromatic nitrogens is 1. The predicted molar refractivity (Wildman–Crippen MR) is 116 cm³/mol. The Morgan fingerprint density at radius 1 is 1.06 bits per heavy atom. The number of rotatable bonds is 6. The summed E-state index contributed by atoms with van der Waals surface area (Å²) in [6, 6.07) is 15.3. The number of benzene rings is 3. The topological polar surface area (TPSA) is 125 Å². The Morgan fingerprint density at radius 3 is 2.49 bits per heavy atom. The van der Waals surface area contributed by atoms with Crippen LogP contribution in [0.3, 0.4) is 0 Å². The highest BCUT2D eigenvalue weighted by atomic mass is 19.4. The van der Waals surface area contributed by atoms with E-state index < -0.39 is 46.5 Å². The molecular formula is C23H14F3N3O6. The van der Waals surface area contributed by atoms with Crippen LogP contribution >= 0.6 is 0 Å². The number of nitrogens with zero attached hydrogens (tertiary/aromatic N) is 2. The van der Waals surface area contributed by atoms with Gasteiger partial charge in [-0.15, -0.1) is 0 Å². The zero-order chi connectivity index (χ0) is 25.2. The first-order valence-electron chi connectivity index (χ1n) is 9.91. The van der Waals surface area contributed by atoms with E-state index in [2.05, 4.69) is 5.16 Å². The lowest BCUT2D eigenvalue weighted by Crippen LogP contribution is -2.23. The van der Waals surface area contributed by atoms with E-state index in [4.69, 9.17) is 9.26 Å². The Labute approximate surface area is 194 Å². The molecule has 0 atom stereocenters. The van der Waals surface area contributed by atoms with Crippen molar-refractivity contribution in [3.05, 3.63) is 88.0 Å². The molecule has 4 rings (SSSR count). The Kier molecular flexibility index (Phi) is 6.19. The number of fused-ring (bicyclic) bond motifs is 1. The molecule has 0 unspecified atom stereocenters. The molecule has 0 aliphatic carbocycles. The van der Waals surface area contributed by atoms with Gasteiger partial charge >= 0.3 is 12.1 Å². The number of carbonyl (C=O) groups excluding carboxylic acids is 2. The van der Waals surface area contributed by atoms with Crippen LogP contribution < -0.4 is 5.32 Å². The number of anilines is 1. The average molecular weight is 485 g/mol. The summed E-state index contributed by atoms with van der Waals surface area (Å²) in [5.41, 5.74) is -1.63. The number of nitro benzene ring substituents is 1. The first kappa shape index (κ1) is 23.4. The van der Waals surface area contributed by atoms with Crippen LogP contribution in [0.15, 0.2) is 71.3 Å². The van der Waals surface area contributed by atoms with Crippen molar-refractivity contribution in [2.24, 2.45) is 0 Å². The Balaban J connectivity index is 1.47. The maximum Gasteiger partial charge on any atom is 0.418 e. The minimum Gasteiger partial charge on any atom is -0.452 e. The van der Waals surface area contributed by atoms with E-state index in [0.717, 1.165) is 17.7 Å². The highest BCUT2D eigenvalue weighted by Crippen LogP contribution is 2.37. The van der Waals surface area contributed by atoms with Crippen molar-refractivity contribution >= 4 is 34.2 Å². The lowest BCUT2D eigenvalue weighted by molar-refractivity contribution is -0.385. The molecule has 0 radical (unpaired) electrons. The summed E-state index contributed by atoms with van der Waals surface area (Å²) in [5, 5.41) is 17.2. The molecular weight excluding hydrogens is 471 g/mol. The minimum atomic E-state index is -4.96. The summed E-state index contributed by atoms with van der Waals surface area (Å²) in [6.45, 7) is -0.889. The van der Waals surface area contributed by atoms with Gasteiger partial charge < -0.3 is 14.6 Å². The maximum absolute atomic E-state index is 13.3. The molecule has 12 heteroatoms. The summed E-state index contributed by atoms with van der Waals surface area (Å²) < 4.78 is 50.1. The highest BCUT2D eigenvalue weighted by molar-refractivity contribution is 6.00. The lowest BCUT2D eigenvalue weighted by Gasteiger charge is -2.13. The third kappa shape index (κ3) is 5.11. The molecule has 1 amide bonds. The van der Waals surface area contributed by atoms with Gasteiger partial charge in [-0.25, -0.2) is 4.79 Å². The fraction of sp³-hybridized carbons (Fsp3) is 0.0870. The first-order chi connectivity index (χ1) is 16.6. The molecule has 0 spiro atoms. The van der Waals surface area contributed by atoms with E-state index in [1.165, 1.54) is 18.2 Å². The third-order valence-electron chi connectivity index (χ3n) is 4.88. The van der Waals surface area contributed by atoms with Gasteiger partial charge in [0.15, 0.2) is 12.4 Å². The maximum atomic E-state index is 13.3. The standard InChI is InChI=1S/C23H14F3N3O6/c24-23(25,26)17-11-15(29(32)33)7-9-19(17)27-20(30)12-34-22(31)14-6-8-18-16(10-14)21(35-28-18)13-4-2-1-3-5-13/h1-11H,12H2,(H,27,30). The third-order valence-corrected chi connectivity index (χ3v) is 4.88. The monoisotopic (exact) mass is 485 g/mol. The van der Waals surface area contributed by atoms with Crippen molar-refractivity contribution < 1.29 is 36.9 Å². The molecule has 35 heavy (non-hydrogen) atoms. The number of hydrogen-bond acceptors (Lipinski definition) is 7. The van der Waals surface area contributed by atoms with Crippen LogP contribution in [0.4, 0.5) is 24.5 Å². The number of hydrogen-bond donors (Lipinski definition) is 1. The fourth-order valence-electron chi connectivity index (χ4n) is 3.26. The van der Waals surface area contributed by atoms with Gasteiger partial charge in [0.1, 0.15) is 5.52 Å². The molecule has 4 aromatic rings. The Morgan fingerprint density at radius 2 is 1.80 bits per heavy atom. The van der Waals surface area contributed by atoms with E-state index in [1.807, 2.05) is 11.4 Å². The van der Waals surface area contributed by atoms with Gasteiger partial charge in [-0.1, -0.05) is 35.5 Å². The number of ether oxygens (including phenoxy) is 1. The minimum absolute atomic E-state index is 0.0667. The zero-order valence-electron chi connectivity index (χ0n) is 17.5. The number of amides is 1.